The fourth-order valence-electron chi connectivity index (χ4n) is 3.09. The van der Waals surface area contributed by atoms with Crippen molar-refractivity contribution in [1.29, 1.82) is 0 Å². The van der Waals surface area contributed by atoms with E-state index in [-0.39, 0.29) is 16.7 Å². The van der Waals surface area contributed by atoms with Crippen LogP contribution in [0.15, 0.2) is 41.3 Å². The molecule has 0 unspecified atom stereocenters. The minimum atomic E-state index is -3.75. The van der Waals surface area contributed by atoms with Crippen molar-refractivity contribution in [3.63, 3.8) is 0 Å². The third kappa shape index (κ3) is 3.43. The second kappa shape index (κ2) is 6.75. The zero-order valence-electron chi connectivity index (χ0n) is 13.7. The summed E-state index contributed by atoms with van der Waals surface area (Å²) in [4.78, 5) is 0.0468. The number of rotatable bonds is 5. The van der Waals surface area contributed by atoms with E-state index in [4.69, 9.17) is 16.3 Å². The van der Waals surface area contributed by atoms with E-state index in [2.05, 4.69) is 16.9 Å². The number of nitrogens with one attached hydrogen (secondary N) is 1. The van der Waals surface area contributed by atoms with Gasteiger partial charge in [-0.3, -0.25) is 0 Å². The van der Waals surface area contributed by atoms with Gasteiger partial charge in [0.15, 0.2) is 0 Å². The average Bonchev–Trinajstić information content (AvgIpc) is 3.02. The number of methoxy groups -OCH3 is 1. The van der Waals surface area contributed by atoms with Crippen molar-refractivity contribution in [2.24, 2.45) is 0 Å². The summed E-state index contributed by atoms with van der Waals surface area (Å²) in [6, 6.07) is 10.4. The third-order valence-electron chi connectivity index (χ3n) is 4.37. The van der Waals surface area contributed by atoms with Crippen LogP contribution in [-0.4, -0.2) is 15.5 Å². The van der Waals surface area contributed by atoms with E-state index in [0.29, 0.717) is 5.02 Å². The van der Waals surface area contributed by atoms with Crippen LogP contribution in [0.5, 0.6) is 5.75 Å². The van der Waals surface area contributed by atoms with Crippen LogP contribution >= 0.6 is 11.6 Å². The number of fused-ring (bicyclic) bond motifs is 1. The van der Waals surface area contributed by atoms with E-state index < -0.39 is 10.0 Å². The van der Waals surface area contributed by atoms with Crippen molar-refractivity contribution in [2.45, 2.75) is 37.1 Å². The summed E-state index contributed by atoms with van der Waals surface area (Å²) in [6.07, 6.45) is 3.33. The minimum Gasteiger partial charge on any atom is -0.495 e. The van der Waals surface area contributed by atoms with Crippen LogP contribution in [0.4, 0.5) is 0 Å². The first-order valence-corrected chi connectivity index (χ1v) is 9.74. The summed E-state index contributed by atoms with van der Waals surface area (Å²) in [6.45, 7) is 1.84. The maximum absolute atomic E-state index is 12.7. The molecule has 3 rings (SSSR count). The van der Waals surface area contributed by atoms with Gasteiger partial charge in [0.05, 0.1) is 7.11 Å². The Morgan fingerprint density at radius 3 is 2.62 bits per heavy atom. The molecule has 128 valence electrons. The van der Waals surface area contributed by atoms with Crippen LogP contribution in [0.2, 0.25) is 5.02 Å². The first-order chi connectivity index (χ1) is 11.4. The van der Waals surface area contributed by atoms with Gasteiger partial charge < -0.3 is 4.74 Å². The van der Waals surface area contributed by atoms with Crippen LogP contribution in [0.3, 0.4) is 0 Å². The zero-order chi connectivity index (χ0) is 17.3. The molecule has 0 saturated carbocycles. The van der Waals surface area contributed by atoms with Crippen LogP contribution in [0.1, 0.15) is 36.1 Å². The lowest BCUT2D eigenvalue weighted by molar-refractivity contribution is 0.402. The molecule has 1 atom stereocenters. The van der Waals surface area contributed by atoms with Gasteiger partial charge in [0.25, 0.3) is 0 Å². The molecule has 0 bridgehead atoms. The van der Waals surface area contributed by atoms with E-state index in [1.54, 1.807) is 12.1 Å². The zero-order valence-corrected chi connectivity index (χ0v) is 15.2. The second-order valence-corrected chi connectivity index (χ2v) is 8.14. The average molecular weight is 366 g/mol. The SMILES string of the molecule is COc1ccc(Cl)cc1S(=O)(=O)N[C@H](C)c1ccc2c(c1)CCC2. The first kappa shape index (κ1) is 17.3. The molecule has 1 aliphatic carbocycles. The van der Waals surface area contributed by atoms with E-state index in [1.165, 1.54) is 30.7 Å². The summed E-state index contributed by atoms with van der Waals surface area (Å²) in [5.74, 6) is 0.271. The van der Waals surface area contributed by atoms with Gasteiger partial charge in [-0.2, -0.15) is 0 Å². The molecule has 0 fully saturated rings. The molecule has 0 spiro atoms. The molecule has 1 N–H and O–H groups in total. The van der Waals surface area contributed by atoms with Crippen molar-refractivity contribution in [2.75, 3.05) is 7.11 Å². The molecule has 2 aromatic carbocycles. The minimum absolute atomic E-state index is 0.0468. The van der Waals surface area contributed by atoms with Crippen LogP contribution in [-0.2, 0) is 22.9 Å². The maximum atomic E-state index is 12.7. The van der Waals surface area contributed by atoms with Gasteiger partial charge in [-0.25, -0.2) is 13.1 Å². The molecule has 0 heterocycles. The van der Waals surface area contributed by atoms with Gasteiger partial charge in [-0.15, -0.1) is 0 Å². The highest BCUT2D eigenvalue weighted by atomic mass is 35.5. The Balaban J connectivity index is 1.88. The Morgan fingerprint density at radius 2 is 1.88 bits per heavy atom. The summed E-state index contributed by atoms with van der Waals surface area (Å²) >= 11 is 5.95. The normalized spacial score (nSPS) is 15.1. The van der Waals surface area contributed by atoms with Gasteiger partial charge >= 0.3 is 0 Å². The summed E-state index contributed by atoms with van der Waals surface area (Å²) in [5, 5.41) is 0.348. The Hall–Kier alpha value is -1.56. The third-order valence-corrected chi connectivity index (χ3v) is 6.17. The second-order valence-electron chi connectivity index (χ2n) is 6.02. The van der Waals surface area contributed by atoms with Gasteiger partial charge in [-0.05, 0) is 61.1 Å². The Kier molecular flexibility index (Phi) is 4.85. The summed E-state index contributed by atoms with van der Waals surface area (Å²) in [5.41, 5.74) is 3.64. The summed E-state index contributed by atoms with van der Waals surface area (Å²) < 4.78 is 33.3. The number of hydrogen-bond donors (Lipinski definition) is 1. The lowest BCUT2D eigenvalue weighted by Gasteiger charge is -2.17. The smallest absolute Gasteiger partial charge is 0.244 e. The monoisotopic (exact) mass is 365 g/mol. The van der Waals surface area contributed by atoms with E-state index in [9.17, 15) is 8.42 Å². The molecule has 24 heavy (non-hydrogen) atoms. The van der Waals surface area contributed by atoms with Gasteiger partial charge in [0, 0.05) is 11.1 Å². The molecule has 0 saturated heterocycles. The molecule has 1 aliphatic rings. The quantitative estimate of drug-likeness (QED) is 0.874. The molecule has 0 aliphatic heterocycles. The maximum Gasteiger partial charge on any atom is 0.244 e. The number of sulfonamides is 1. The molecular weight excluding hydrogens is 346 g/mol. The highest BCUT2D eigenvalue weighted by Crippen LogP contribution is 2.29. The molecule has 6 heteroatoms. The molecular formula is C18H20ClNO3S. The number of aryl methyl sites for hydroxylation is 2. The van der Waals surface area contributed by atoms with Gasteiger partial charge in [0.1, 0.15) is 10.6 Å². The van der Waals surface area contributed by atoms with Gasteiger partial charge in [-0.1, -0.05) is 29.8 Å². The topological polar surface area (TPSA) is 55.4 Å². The predicted molar refractivity (Wildman–Crippen MR) is 95.2 cm³/mol. The van der Waals surface area contributed by atoms with E-state index in [1.807, 2.05) is 13.0 Å². The van der Waals surface area contributed by atoms with Crippen LogP contribution in [0, 0.1) is 0 Å². The first-order valence-electron chi connectivity index (χ1n) is 7.88. The predicted octanol–water partition coefficient (Wildman–Crippen LogP) is 3.88. The molecule has 0 amide bonds. The Labute approximate surface area is 147 Å². The van der Waals surface area contributed by atoms with Crippen molar-refractivity contribution >= 4 is 21.6 Å². The fourth-order valence-corrected chi connectivity index (χ4v) is 4.75. The summed E-state index contributed by atoms with van der Waals surface area (Å²) in [7, 11) is -2.31. The number of halogens is 1. The lowest BCUT2D eigenvalue weighted by Crippen LogP contribution is -2.27. The lowest BCUT2D eigenvalue weighted by atomic mass is 10.0. The van der Waals surface area contributed by atoms with Gasteiger partial charge in [0.2, 0.25) is 10.0 Å². The standard InChI is InChI=1S/C18H20ClNO3S/c1-12(14-7-6-13-4-3-5-15(13)10-14)20-24(21,22)18-11-16(19)8-9-17(18)23-2/h6-12,20H,3-5H2,1-2H3/t12-/m1/s1. The van der Waals surface area contributed by atoms with Crippen LogP contribution in [0.25, 0.3) is 0 Å². The van der Waals surface area contributed by atoms with Crippen LogP contribution < -0.4 is 9.46 Å². The Bertz CT molecular complexity index is 865. The number of hydrogen-bond acceptors (Lipinski definition) is 3. The van der Waals surface area contributed by atoms with E-state index >= 15 is 0 Å². The molecule has 2 aromatic rings. The highest BCUT2D eigenvalue weighted by Gasteiger charge is 2.23. The van der Waals surface area contributed by atoms with Crippen molar-refractivity contribution < 1.29 is 13.2 Å². The number of ether oxygens (including phenoxy) is 1. The Morgan fingerprint density at radius 1 is 1.12 bits per heavy atom. The van der Waals surface area contributed by atoms with Crippen molar-refractivity contribution in [3.05, 3.63) is 58.1 Å². The highest BCUT2D eigenvalue weighted by molar-refractivity contribution is 7.89. The largest absolute Gasteiger partial charge is 0.495 e. The molecule has 0 radical (unpaired) electrons. The molecule has 0 aromatic heterocycles. The van der Waals surface area contributed by atoms with Crippen molar-refractivity contribution in [3.8, 4) is 5.75 Å². The number of benzene rings is 2. The fraction of sp³-hybridized carbons (Fsp3) is 0.333. The van der Waals surface area contributed by atoms with E-state index in [0.717, 1.165) is 18.4 Å². The molecule has 4 nitrogen and oxygen atoms in total. The van der Waals surface area contributed by atoms with Crippen molar-refractivity contribution in [1.82, 2.24) is 4.72 Å².